The Kier molecular flexibility index (Phi) is 2.56. The van der Waals surface area contributed by atoms with Crippen LogP contribution in [0.25, 0.3) is 16.8 Å². The van der Waals surface area contributed by atoms with E-state index in [9.17, 15) is 0 Å². The monoisotopic (exact) mass is 247 g/mol. The Balaban J connectivity index is 2.24. The van der Waals surface area contributed by atoms with Crippen molar-refractivity contribution in [1.29, 1.82) is 0 Å². The average molecular weight is 248 g/mol. The summed E-state index contributed by atoms with van der Waals surface area (Å²) in [6, 6.07) is 8.21. The maximum Gasteiger partial charge on any atom is 0.215 e. The molecule has 0 spiro atoms. The molecular weight excluding hydrogens is 234 g/mol. The van der Waals surface area contributed by atoms with Crippen LogP contribution in [0.2, 0.25) is 0 Å². The van der Waals surface area contributed by atoms with Crippen LogP contribution in [0.4, 0.5) is 0 Å². The second-order valence-electron chi connectivity index (χ2n) is 4.24. The summed E-state index contributed by atoms with van der Waals surface area (Å²) >= 11 is 5.76. The molecule has 0 saturated carbocycles. The molecule has 0 aliphatic rings. The number of imidazole rings is 2. The smallest absolute Gasteiger partial charge is 0.215 e. The number of para-hydroxylation sites is 2. The van der Waals surface area contributed by atoms with Gasteiger partial charge in [-0.2, -0.15) is 0 Å². The molecule has 0 unspecified atom stereocenters. The SMILES string of the molecule is Cc1cn2c3ccccc3nc2n1CCCCl. The number of nitrogens with zero attached hydrogens (tertiary/aromatic N) is 3. The van der Waals surface area contributed by atoms with Gasteiger partial charge in [-0.1, -0.05) is 12.1 Å². The normalized spacial score (nSPS) is 11.6. The van der Waals surface area contributed by atoms with E-state index in [0.29, 0.717) is 5.88 Å². The van der Waals surface area contributed by atoms with E-state index >= 15 is 0 Å². The molecule has 0 amide bonds. The summed E-state index contributed by atoms with van der Waals surface area (Å²) in [6.07, 6.45) is 3.11. The number of alkyl halides is 1. The van der Waals surface area contributed by atoms with Crippen molar-refractivity contribution < 1.29 is 0 Å². The first kappa shape index (κ1) is 10.7. The van der Waals surface area contributed by atoms with Gasteiger partial charge in [0, 0.05) is 24.3 Å². The third kappa shape index (κ3) is 1.62. The topological polar surface area (TPSA) is 22.2 Å². The van der Waals surface area contributed by atoms with Crippen LogP contribution in [-0.2, 0) is 6.54 Å². The number of hydrogen-bond donors (Lipinski definition) is 0. The summed E-state index contributed by atoms with van der Waals surface area (Å²) in [5, 5.41) is 0. The lowest BCUT2D eigenvalue weighted by molar-refractivity contribution is 0.681. The van der Waals surface area contributed by atoms with Crippen LogP contribution >= 0.6 is 11.6 Å². The Morgan fingerprint density at radius 1 is 1.29 bits per heavy atom. The molecule has 0 saturated heterocycles. The molecule has 0 fully saturated rings. The summed E-state index contributed by atoms with van der Waals surface area (Å²) < 4.78 is 4.38. The van der Waals surface area contributed by atoms with Crippen molar-refractivity contribution >= 4 is 28.4 Å². The van der Waals surface area contributed by atoms with Gasteiger partial charge < -0.3 is 4.57 Å². The van der Waals surface area contributed by atoms with Crippen LogP contribution in [0.1, 0.15) is 12.1 Å². The van der Waals surface area contributed by atoms with Gasteiger partial charge in [-0.05, 0) is 25.5 Å². The first-order valence-corrected chi connectivity index (χ1v) is 6.33. The average Bonchev–Trinajstić information content (AvgIpc) is 2.82. The molecule has 88 valence electrons. The first-order chi connectivity index (χ1) is 8.31. The van der Waals surface area contributed by atoms with E-state index in [-0.39, 0.29) is 0 Å². The fourth-order valence-electron chi connectivity index (χ4n) is 2.26. The lowest BCUT2D eigenvalue weighted by Gasteiger charge is -2.02. The Labute approximate surface area is 105 Å². The van der Waals surface area contributed by atoms with Gasteiger partial charge >= 0.3 is 0 Å². The number of hydrogen-bond acceptors (Lipinski definition) is 1. The summed E-state index contributed by atoms with van der Waals surface area (Å²) in [5.74, 6) is 1.69. The van der Waals surface area contributed by atoms with Gasteiger partial charge in [0.1, 0.15) is 0 Å². The zero-order valence-corrected chi connectivity index (χ0v) is 10.5. The number of benzene rings is 1. The van der Waals surface area contributed by atoms with Gasteiger partial charge in [-0.15, -0.1) is 11.6 Å². The Morgan fingerprint density at radius 2 is 2.12 bits per heavy atom. The molecule has 3 nitrogen and oxygen atoms in total. The van der Waals surface area contributed by atoms with Crippen LogP contribution in [0.5, 0.6) is 0 Å². The van der Waals surface area contributed by atoms with Gasteiger partial charge in [-0.25, -0.2) is 4.98 Å². The maximum absolute atomic E-state index is 5.76. The largest absolute Gasteiger partial charge is 0.314 e. The van der Waals surface area contributed by atoms with E-state index in [4.69, 9.17) is 11.6 Å². The number of aromatic nitrogens is 3. The van der Waals surface area contributed by atoms with Crippen LogP contribution in [0.3, 0.4) is 0 Å². The maximum atomic E-state index is 5.76. The van der Waals surface area contributed by atoms with Crippen molar-refractivity contribution in [3.63, 3.8) is 0 Å². The molecule has 17 heavy (non-hydrogen) atoms. The Hall–Kier alpha value is -1.48. The fraction of sp³-hybridized carbons (Fsp3) is 0.308. The molecular formula is C13H14ClN3. The van der Waals surface area contributed by atoms with Crippen molar-refractivity contribution in [3.05, 3.63) is 36.2 Å². The standard InChI is InChI=1S/C13H14ClN3/c1-10-9-17-12-6-3-2-5-11(12)15-13(17)16(10)8-4-7-14/h2-3,5-6,9H,4,7-8H2,1H3. The van der Waals surface area contributed by atoms with Crippen molar-refractivity contribution in [2.45, 2.75) is 19.9 Å². The van der Waals surface area contributed by atoms with Crippen LogP contribution in [0, 0.1) is 6.92 Å². The highest BCUT2D eigenvalue weighted by atomic mass is 35.5. The third-order valence-corrected chi connectivity index (χ3v) is 3.34. The highest BCUT2D eigenvalue weighted by Crippen LogP contribution is 2.19. The highest BCUT2D eigenvalue weighted by molar-refractivity contribution is 6.17. The highest BCUT2D eigenvalue weighted by Gasteiger charge is 2.10. The quantitative estimate of drug-likeness (QED) is 0.652. The second-order valence-corrected chi connectivity index (χ2v) is 4.61. The van der Waals surface area contributed by atoms with Crippen LogP contribution < -0.4 is 0 Å². The summed E-state index contributed by atoms with van der Waals surface area (Å²) in [7, 11) is 0. The predicted molar refractivity (Wildman–Crippen MR) is 70.8 cm³/mol. The van der Waals surface area contributed by atoms with E-state index < -0.39 is 0 Å². The number of aryl methyl sites for hydroxylation is 2. The Bertz CT molecular complexity index is 666. The molecule has 0 atom stereocenters. The fourth-order valence-corrected chi connectivity index (χ4v) is 2.38. The lowest BCUT2D eigenvalue weighted by Crippen LogP contribution is -2.01. The van der Waals surface area contributed by atoms with Crippen LogP contribution in [0.15, 0.2) is 30.5 Å². The van der Waals surface area contributed by atoms with E-state index in [1.54, 1.807) is 0 Å². The summed E-state index contributed by atoms with van der Waals surface area (Å²) in [4.78, 5) is 4.67. The minimum absolute atomic E-state index is 0.685. The zero-order valence-electron chi connectivity index (χ0n) is 9.73. The van der Waals surface area contributed by atoms with Gasteiger partial charge in [0.25, 0.3) is 0 Å². The van der Waals surface area contributed by atoms with Crippen molar-refractivity contribution in [2.75, 3.05) is 5.88 Å². The molecule has 0 aliphatic carbocycles. The lowest BCUT2D eigenvalue weighted by atomic mass is 10.3. The summed E-state index contributed by atoms with van der Waals surface area (Å²) in [5.41, 5.74) is 3.43. The van der Waals surface area contributed by atoms with Gasteiger partial charge in [0.2, 0.25) is 5.78 Å². The van der Waals surface area contributed by atoms with Crippen molar-refractivity contribution in [3.8, 4) is 0 Å². The molecule has 3 aromatic rings. The van der Waals surface area contributed by atoms with E-state index in [0.717, 1.165) is 29.8 Å². The molecule has 0 N–H and O–H groups in total. The van der Waals surface area contributed by atoms with Gasteiger partial charge in [0.05, 0.1) is 11.0 Å². The minimum atomic E-state index is 0.685. The predicted octanol–water partition coefficient (Wildman–Crippen LogP) is 3.23. The van der Waals surface area contributed by atoms with Gasteiger partial charge in [0.15, 0.2) is 0 Å². The van der Waals surface area contributed by atoms with E-state index in [2.05, 4.69) is 33.1 Å². The van der Waals surface area contributed by atoms with E-state index in [1.807, 2.05) is 18.2 Å². The third-order valence-electron chi connectivity index (χ3n) is 3.08. The Morgan fingerprint density at radius 3 is 2.94 bits per heavy atom. The number of fused-ring (bicyclic) bond motifs is 3. The zero-order chi connectivity index (χ0) is 11.8. The molecule has 2 aromatic heterocycles. The molecule has 2 heterocycles. The molecule has 0 bridgehead atoms. The van der Waals surface area contributed by atoms with Crippen molar-refractivity contribution in [2.24, 2.45) is 0 Å². The van der Waals surface area contributed by atoms with E-state index in [1.165, 1.54) is 5.69 Å². The first-order valence-electron chi connectivity index (χ1n) is 5.80. The molecule has 3 rings (SSSR count). The number of halogens is 1. The number of rotatable bonds is 3. The molecule has 0 aliphatic heterocycles. The molecule has 4 heteroatoms. The molecule has 1 aromatic carbocycles. The van der Waals surface area contributed by atoms with Gasteiger partial charge in [-0.3, -0.25) is 4.40 Å². The second kappa shape index (κ2) is 4.08. The van der Waals surface area contributed by atoms with Crippen molar-refractivity contribution in [1.82, 2.24) is 14.0 Å². The summed E-state index contributed by atoms with van der Waals surface area (Å²) in [6.45, 7) is 3.03. The van der Waals surface area contributed by atoms with Crippen LogP contribution in [-0.4, -0.2) is 19.8 Å². The minimum Gasteiger partial charge on any atom is -0.314 e. The molecule has 0 radical (unpaired) electrons.